The van der Waals surface area contributed by atoms with Gasteiger partial charge in [-0.15, -0.1) is 0 Å². The summed E-state index contributed by atoms with van der Waals surface area (Å²) in [6, 6.07) is 8.07. The van der Waals surface area contributed by atoms with Gasteiger partial charge < -0.3 is 0 Å². The van der Waals surface area contributed by atoms with E-state index in [1.165, 1.54) is 11.1 Å². The van der Waals surface area contributed by atoms with E-state index in [1.807, 2.05) is 24.5 Å². The van der Waals surface area contributed by atoms with Crippen LogP contribution in [0.15, 0.2) is 49.1 Å². The van der Waals surface area contributed by atoms with Gasteiger partial charge in [0.1, 0.15) is 0 Å². The fourth-order valence-corrected chi connectivity index (χ4v) is 1.21. The number of aromatic nitrogens is 2. The largest absolute Gasteiger partial charge is 0.264 e. The van der Waals surface area contributed by atoms with E-state index < -0.39 is 0 Å². The molecule has 2 heterocycles. The normalized spacial score (nSPS) is 9.12. The molecule has 2 aromatic rings. The van der Waals surface area contributed by atoms with Crippen LogP contribution in [0.5, 0.6) is 0 Å². The number of aryl methyl sites for hydroxylation is 2. The molecule has 0 amide bonds. The van der Waals surface area contributed by atoms with Crippen LogP contribution in [-0.4, -0.2) is 9.97 Å². The number of hydrogen-bond acceptors (Lipinski definition) is 2. The lowest BCUT2D eigenvalue weighted by Crippen LogP contribution is -1.77. The first-order chi connectivity index (χ1) is 7.86. The van der Waals surface area contributed by atoms with Gasteiger partial charge in [-0.2, -0.15) is 0 Å². The molecule has 0 saturated heterocycles. The average molecular weight is 214 g/mol. The van der Waals surface area contributed by atoms with Crippen LogP contribution in [0.1, 0.15) is 25.0 Å². The summed E-state index contributed by atoms with van der Waals surface area (Å²) in [5.74, 6) is 0. The molecule has 16 heavy (non-hydrogen) atoms. The summed E-state index contributed by atoms with van der Waals surface area (Å²) in [4.78, 5) is 7.91. The van der Waals surface area contributed by atoms with Crippen molar-refractivity contribution in [2.45, 2.75) is 26.7 Å². The van der Waals surface area contributed by atoms with Crippen LogP contribution in [0.4, 0.5) is 0 Å². The van der Waals surface area contributed by atoms with Crippen molar-refractivity contribution in [2.24, 2.45) is 0 Å². The first-order valence-electron chi connectivity index (χ1n) is 5.64. The monoisotopic (exact) mass is 214 g/mol. The molecule has 2 rings (SSSR count). The van der Waals surface area contributed by atoms with E-state index in [-0.39, 0.29) is 0 Å². The number of rotatable bonds is 2. The maximum atomic E-state index is 3.96. The molecule has 0 saturated carbocycles. The summed E-state index contributed by atoms with van der Waals surface area (Å²) in [5, 5.41) is 0. The Morgan fingerprint density at radius 3 is 1.44 bits per heavy atom. The molecule has 0 aliphatic heterocycles. The molecule has 0 spiro atoms. The molecule has 0 N–H and O–H groups in total. The summed E-state index contributed by atoms with van der Waals surface area (Å²) < 4.78 is 0. The SMILES string of the molecule is CCc1cccnc1.CCc1cccnc1. The fraction of sp³-hybridized carbons (Fsp3) is 0.286. The summed E-state index contributed by atoms with van der Waals surface area (Å²) >= 11 is 0. The first-order valence-corrected chi connectivity index (χ1v) is 5.64. The highest BCUT2D eigenvalue weighted by Gasteiger charge is 1.81. The molecule has 2 nitrogen and oxygen atoms in total. The van der Waals surface area contributed by atoms with Gasteiger partial charge in [0.25, 0.3) is 0 Å². The van der Waals surface area contributed by atoms with Crippen LogP contribution >= 0.6 is 0 Å². The number of nitrogens with zero attached hydrogens (tertiary/aromatic N) is 2. The highest BCUT2D eigenvalue weighted by atomic mass is 14.6. The Hall–Kier alpha value is -1.70. The van der Waals surface area contributed by atoms with Crippen molar-refractivity contribution < 1.29 is 0 Å². The number of pyridine rings is 2. The predicted molar refractivity (Wildman–Crippen MR) is 67.2 cm³/mol. The summed E-state index contributed by atoms with van der Waals surface area (Å²) in [7, 11) is 0. The maximum absolute atomic E-state index is 3.96. The molecule has 0 aliphatic rings. The molecular weight excluding hydrogens is 196 g/mol. The maximum Gasteiger partial charge on any atom is 0.0299 e. The lowest BCUT2D eigenvalue weighted by molar-refractivity contribution is 1.10. The zero-order chi connectivity index (χ0) is 11.6. The van der Waals surface area contributed by atoms with Crippen LogP contribution in [0.2, 0.25) is 0 Å². The van der Waals surface area contributed by atoms with Crippen molar-refractivity contribution in [3.05, 3.63) is 60.2 Å². The average Bonchev–Trinajstić information content (AvgIpc) is 2.41. The lowest BCUT2D eigenvalue weighted by atomic mass is 10.2. The molecule has 2 aromatic heterocycles. The van der Waals surface area contributed by atoms with Crippen molar-refractivity contribution in [3.8, 4) is 0 Å². The molecule has 0 aromatic carbocycles. The third-order valence-electron chi connectivity index (χ3n) is 2.26. The van der Waals surface area contributed by atoms with Crippen LogP contribution in [0, 0.1) is 0 Å². The Bertz CT molecular complexity index is 331. The van der Waals surface area contributed by atoms with Crippen molar-refractivity contribution >= 4 is 0 Å². The second-order valence-corrected chi connectivity index (χ2v) is 3.43. The molecule has 84 valence electrons. The molecule has 2 heteroatoms. The van der Waals surface area contributed by atoms with E-state index in [0.29, 0.717) is 0 Å². The van der Waals surface area contributed by atoms with Gasteiger partial charge in [-0.1, -0.05) is 26.0 Å². The minimum atomic E-state index is 1.08. The van der Waals surface area contributed by atoms with E-state index in [4.69, 9.17) is 0 Å². The molecule has 0 unspecified atom stereocenters. The van der Waals surface area contributed by atoms with E-state index in [1.54, 1.807) is 12.4 Å². The highest BCUT2D eigenvalue weighted by Crippen LogP contribution is 1.94. The van der Waals surface area contributed by atoms with Gasteiger partial charge in [0, 0.05) is 24.8 Å². The van der Waals surface area contributed by atoms with Crippen molar-refractivity contribution in [3.63, 3.8) is 0 Å². The number of hydrogen-bond donors (Lipinski definition) is 0. The summed E-state index contributed by atoms with van der Waals surface area (Å²) in [6.07, 6.45) is 9.51. The highest BCUT2D eigenvalue weighted by molar-refractivity contribution is 5.07. The van der Waals surface area contributed by atoms with Crippen LogP contribution < -0.4 is 0 Å². The van der Waals surface area contributed by atoms with Crippen LogP contribution in [0.25, 0.3) is 0 Å². The smallest absolute Gasteiger partial charge is 0.0299 e. The summed E-state index contributed by atoms with van der Waals surface area (Å²) in [5.41, 5.74) is 2.60. The topological polar surface area (TPSA) is 25.8 Å². The van der Waals surface area contributed by atoms with Gasteiger partial charge >= 0.3 is 0 Å². The second-order valence-electron chi connectivity index (χ2n) is 3.43. The van der Waals surface area contributed by atoms with Gasteiger partial charge in [-0.3, -0.25) is 9.97 Å². The third-order valence-corrected chi connectivity index (χ3v) is 2.26. The molecule has 0 aliphatic carbocycles. The van der Waals surface area contributed by atoms with E-state index in [2.05, 4.69) is 35.9 Å². The van der Waals surface area contributed by atoms with Gasteiger partial charge in [0.2, 0.25) is 0 Å². The van der Waals surface area contributed by atoms with E-state index in [0.717, 1.165) is 12.8 Å². The third kappa shape index (κ3) is 4.69. The Morgan fingerprint density at radius 2 is 1.25 bits per heavy atom. The van der Waals surface area contributed by atoms with Crippen LogP contribution in [-0.2, 0) is 12.8 Å². The molecule has 0 bridgehead atoms. The van der Waals surface area contributed by atoms with E-state index >= 15 is 0 Å². The predicted octanol–water partition coefficient (Wildman–Crippen LogP) is 3.29. The molecule has 0 atom stereocenters. The zero-order valence-corrected chi connectivity index (χ0v) is 9.93. The van der Waals surface area contributed by atoms with Gasteiger partial charge in [0.15, 0.2) is 0 Å². The zero-order valence-electron chi connectivity index (χ0n) is 9.93. The van der Waals surface area contributed by atoms with Crippen LogP contribution in [0.3, 0.4) is 0 Å². The van der Waals surface area contributed by atoms with E-state index in [9.17, 15) is 0 Å². The quantitative estimate of drug-likeness (QED) is 0.766. The van der Waals surface area contributed by atoms with Crippen molar-refractivity contribution in [2.75, 3.05) is 0 Å². The minimum Gasteiger partial charge on any atom is -0.264 e. The van der Waals surface area contributed by atoms with Gasteiger partial charge in [0.05, 0.1) is 0 Å². The first kappa shape index (κ1) is 12.4. The minimum absolute atomic E-state index is 1.08. The van der Waals surface area contributed by atoms with Crippen molar-refractivity contribution in [1.82, 2.24) is 9.97 Å². The Balaban J connectivity index is 0.000000160. The Labute approximate surface area is 97.4 Å². The molecular formula is C14H18N2. The van der Waals surface area contributed by atoms with Gasteiger partial charge in [-0.25, -0.2) is 0 Å². The molecule has 0 radical (unpaired) electrons. The van der Waals surface area contributed by atoms with Crippen molar-refractivity contribution in [1.29, 1.82) is 0 Å². The summed E-state index contributed by atoms with van der Waals surface area (Å²) in [6.45, 7) is 4.24. The standard InChI is InChI=1S/2C7H9N/c2*1-2-7-4-3-5-8-6-7/h2*3-6H,2H2,1H3. The fourth-order valence-electron chi connectivity index (χ4n) is 1.21. The Morgan fingerprint density at radius 1 is 0.812 bits per heavy atom. The Kier molecular flexibility index (Phi) is 5.86. The second kappa shape index (κ2) is 7.57. The van der Waals surface area contributed by atoms with Gasteiger partial charge in [-0.05, 0) is 36.1 Å². The molecule has 0 fully saturated rings. The lowest BCUT2D eigenvalue weighted by Gasteiger charge is -1.88.